The van der Waals surface area contributed by atoms with E-state index in [2.05, 4.69) is 5.32 Å². The zero-order chi connectivity index (χ0) is 16.8. The van der Waals surface area contributed by atoms with Crippen LogP contribution < -0.4 is 5.32 Å². The maximum atomic E-state index is 13.6. The number of amides is 2. The van der Waals surface area contributed by atoms with Crippen molar-refractivity contribution in [1.82, 2.24) is 10.2 Å². The number of carbonyl (C=O) groups is 2. The van der Waals surface area contributed by atoms with Crippen molar-refractivity contribution in [1.29, 1.82) is 0 Å². The topological polar surface area (TPSA) is 58.6 Å². The maximum absolute atomic E-state index is 13.6. The molecule has 1 heterocycles. The van der Waals surface area contributed by atoms with E-state index in [1.807, 2.05) is 0 Å². The molecule has 0 radical (unpaired) electrons. The molecule has 126 valence electrons. The first-order chi connectivity index (χ1) is 11.0. The molecule has 1 fully saturated rings. The number of carbonyl (C=O) groups excluding carboxylic acids is 2. The highest BCUT2D eigenvalue weighted by Crippen LogP contribution is 2.20. The van der Waals surface area contributed by atoms with Crippen molar-refractivity contribution in [2.75, 3.05) is 26.7 Å². The van der Waals surface area contributed by atoms with E-state index in [0.29, 0.717) is 49.5 Å². The highest BCUT2D eigenvalue weighted by atomic mass is 35.5. The van der Waals surface area contributed by atoms with Crippen molar-refractivity contribution < 1.29 is 18.7 Å². The van der Waals surface area contributed by atoms with Gasteiger partial charge in [0.1, 0.15) is 5.82 Å². The molecule has 0 saturated carbocycles. The van der Waals surface area contributed by atoms with Gasteiger partial charge in [0.05, 0.1) is 13.0 Å². The molecule has 1 aliphatic heterocycles. The molecule has 1 aromatic rings. The number of likely N-dealkylation sites (tertiary alicyclic amines) is 1. The molecule has 5 nitrogen and oxygen atoms in total. The van der Waals surface area contributed by atoms with Gasteiger partial charge in [-0.05, 0) is 31.4 Å². The van der Waals surface area contributed by atoms with Crippen LogP contribution in [-0.2, 0) is 16.0 Å². The number of piperidine rings is 1. The molecule has 2 rings (SSSR count). The Morgan fingerprint density at radius 2 is 2.09 bits per heavy atom. The lowest BCUT2D eigenvalue weighted by Gasteiger charge is -2.30. The van der Waals surface area contributed by atoms with E-state index >= 15 is 0 Å². The van der Waals surface area contributed by atoms with E-state index in [1.165, 1.54) is 13.2 Å². The zero-order valence-electron chi connectivity index (χ0n) is 13.0. The van der Waals surface area contributed by atoms with Gasteiger partial charge >= 0.3 is 12.0 Å². The average Bonchev–Trinajstić information content (AvgIpc) is 2.56. The molecule has 2 amide bonds. The van der Waals surface area contributed by atoms with E-state index in [0.717, 1.165) is 0 Å². The Balaban J connectivity index is 1.77. The summed E-state index contributed by atoms with van der Waals surface area (Å²) in [4.78, 5) is 25.2. The Hall–Kier alpha value is -1.82. The molecule has 1 aromatic carbocycles. The van der Waals surface area contributed by atoms with E-state index in [1.54, 1.807) is 17.0 Å². The van der Waals surface area contributed by atoms with Gasteiger partial charge in [-0.15, -0.1) is 0 Å². The third-order valence-electron chi connectivity index (χ3n) is 4.03. The minimum Gasteiger partial charge on any atom is -0.469 e. The summed E-state index contributed by atoms with van der Waals surface area (Å²) in [6, 6.07) is 4.31. The summed E-state index contributed by atoms with van der Waals surface area (Å²) >= 11 is 5.95. The van der Waals surface area contributed by atoms with E-state index in [-0.39, 0.29) is 23.7 Å². The first-order valence-corrected chi connectivity index (χ1v) is 7.94. The van der Waals surface area contributed by atoms with Crippen molar-refractivity contribution in [3.63, 3.8) is 0 Å². The second-order valence-electron chi connectivity index (χ2n) is 5.47. The smallest absolute Gasteiger partial charge is 0.317 e. The summed E-state index contributed by atoms with van der Waals surface area (Å²) in [7, 11) is 1.37. The molecule has 0 spiro atoms. The number of hydrogen-bond donors (Lipinski definition) is 1. The van der Waals surface area contributed by atoms with Crippen LogP contribution in [0, 0.1) is 11.7 Å². The summed E-state index contributed by atoms with van der Waals surface area (Å²) in [5.41, 5.74) is 0.402. The Kier molecular flexibility index (Phi) is 6.21. The van der Waals surface area contributed by atoms with Crippen LogP contribution in [0.3, 0.4) is 0 Å². The number of urea groups is 1. The molecule has 1 N–H and O–H groups in total. The third kappa shape index (κ3) is 4.58. The molecule has 0 aliphatic carbocycles. The van der Waals surface area contributed by atoms with E-state index in [9.17, 15) is 14.0 Å². The van der Waals surface area contributed by atoms with Crippen molar-refractivity contribution >= 4 is 23.6 Å². The van der Waals surface area contributed by atoms with Gasteiger partial charge in [-0.25, -0.2) is 9.18 Å². The lowest BCUT2D eigenvalue weighted by Crippen LogP contribution is -2.46. The summed E-state index contributed by atoms with van der Waals surface area (Å²) < 4.78 is 18.3. The fraction of sp³-hybridized carbons (Fsp3) is 0.500. The normalized spacial score (nSPS) is 15.3. The Morgan fingerprint density at radius 1 is 1.39 bits per heavy atom. The van der Waals surface area contributed by atoms with Crippen LogP contribution in [0.4, 0.5) is 9.18 Å². The number of rotatable bonds is 4. The van der Waals surface area contributed by atoms with E-state index in [4.69, 9.17) is 16.3 Å². The van der Waals surface area contributed by atoms with Gasteiger partial charge in [0, 0.05) is 30.2 Å². The fourth-order valence-corrected chi connectivity index (χ4v) is 2.92. The number of benzene rings is 1. The van der Waals surface area contributed by atoms with Crippen LogP contribution in [-0.4, -0.2) is 43.6 Å². The van der Waals surface area contributed by atoms with Crippen molar-refractivity contribution in [2.45, 2.75) is 19.3 Å². The monoisotopic (exact) mass is 342 g/mol. The number of hydrogen-bond acceptors (Lipinski definition) is 3. The Morgan fingerprint density at radius 3 is 2.70 bits per heavy atom. The lowest BCUT2D eigenvalue weighted by molar-refractivity contribution is -0.146. The first kappa shape index (κ1) is 17.5. The molecule has 1 saturated heterocycles. The van der Waals surface area contributed by atoms with Crippen molar-refractivity contribution in [3.05, 3.63) is 34.6 Å². The van der Waals surface area contributed by atoms with Crippen LogP contribution in [0.2, 0.25) is 5.02 Å². The van der Waals surface area contributed by atoms with Gasteiger partial charge in [-0.3, -0.25) is 4.79 Å². The molecule has 0 aromatic heterocycles. The summed E-state index contributed by atoms with van der Waals surface area (Å²) in [6.45, 7) is 1.31. The summed E-state index contributed by atoms with van der Waals surface area (Å²) in [5, 5.41) is 3.12. The molecule has 0 unspecified atom stereocenters. The number of halogens is 2. The minimum atomic E-state index is -0.370. The highest BCUT2D eigenvalue weighted by molar-refractivity contribution is 6.31. The van der Waals surface area contributed by atoms with Gasteiger partial charge < -0.3 is 15.0 Å². The van der Waals surface area contributed by atoms with Crippen LogP contribution in [0.25, 0.3) is 0 Å². The molecule has 0 bridgehead atoms. The zero-order valence-corrected chi connectivity index (χ0v) is 13.7. The number of nitrogens with zero attached hydrogens (tertiary/aromatic N) is 1. The average molecular weight is 343 g/mol. The predicted molar refractivity (Wildman–Crippen MR) is 84.8 cm³/mol. The van der Waals surface area contributed by atoms with Crippen molar-refractivity contribution in [3.8, 4) is 0 Å². The second-order valence-corrected chi connectivity index (χ2v) is 5.87. The largest absolute Gasteiger partial charge is 0.469 e. The number of nitrogens with one attached hydrogen (secondary N) is 1. The maximum Gasteiger partial charge on any atom is 0.317 e. The van der Waals surface area contributed by atoms with E-state index < -0.39 is 0 Å². The molecular formula is C16H20ClFN2O3. The fourth-order valence-electron chi connectivity index (χ4n) is 2.66. The van der Waals surface area contributed by atoms with Gasteiger partial charge in [-0.2, -0.15) is 0 Å². The van der Waals surface area contributed by atoms with Crippen LogP contribution in [0.1, 0.15) is 18.4 Å². The summed E-state index contributed by atoms with van der Waals surface area (Å²) in [6.07, 6.45) is 1.52. The van der Waals surface area contributed by atoms with Crippen LogP contribution in [0.5, 0.6) is 0 Å². The van der Waals surface area contributed by atoms with Crippen molar-refractivity contribution in [2.24, 2.45) is 5.92 Å². The number of ether oxygens (including phenoxy) is 1. The second kappa shape index (κ2) is 8.15. The van der Waals surface area contributed by atoms with Gasteiger partial charge in [0.2, 0.25) is 0 Å². The molecule has 23 heavy (non-hydrogen) atoms. The van der Waals surface area contributed by atoms with Crippen LogP contribution >= 0.6 is 11.6 Å². The Bertz CT molecular complexity index is 554. The standard InChI is InChI=1S/C16H20ClFN2O3/c1-23-15(21)11-6-9-20(10-7-11)16(22)19-8-5-12-13(17)3-2-4-14(12)18/h2-4,11H,5-10H2,1H3,(H,19,22). The third-order valence-corrected chi connectivity index (χ3v) is 4.38. The number of esters is 1. The Labute approximate surface area is 139 Å². The molecule has 7 heteroatoms. The lowest BCUT2D eigenvalue weighted by atomic mass is 9.97. The molecular weight excluding hydrogens is 323 g/mol. The predicted octanol–water partition coefficient (Wildman–Crippen LogP) is 2.62. The quantitative estimate of drug-likeness (QED) is 0.856. The van der Waals surface area contributed by atoms with Gasteiger partial charge in [-0.1, -0.05) is 17.7 Å². The van der Waals surface area contributed by atoms with Gasteiger partial charge in [0.25, 0.3) is 0 Å². The SMILES string of the molecule is COC(=O)C1CCN(C(=O)NCCc2c(F)cccc2Cl)CC1. The first-order valence-electron chi connectivity index (χ1n) is 7.56. The minimum absolute atomic E-state index is 0.138. The number of methoxy groups -OCH3 is 1. The molecule has 1 aliphatic rings. The summed E-state index contributed by atoms with van der Waals surface area (Å²) in [5.74, 6) is -0.730. The van der Waals surface area contributed by atoms with Crippen LogP contribution in [0.15, 0.2) is 18.2 Å². The highest BCUT2D eigenvalue weighted by Gasteiger charge is 2.27. The molecule has 0 atom stereocenters. The van der Waals surface area contributed by atoms with Gasteiger partial charge in [0.15, 0.2) is 0 Å².